The van der Waals surface area contributed by atoms with Crippen molar-refractivity contribution in [2.24, 2.45) is 0 Å². The van der Waals surface area contributed by atoms with Gasteiger partial charge in [-0.1, -0.05) is 38.1 Å². The van der Waals surface area contributed by atoms with Gasteiger partial charge in [-0.15, -0.1) is 0 Å². The lowest BCUT2D eigenvalue weighted by molar-refractivity contribution is -0.125. The third-order valence-electron chi connectivity index (χ3n) is 5.60. The van der Waals surface area contributed by atoms with Gasteiger partial charge in [0, 0.05) is 24.8 Å². The van der Waals surface area contributed by atoms with Gasteiger partial charge >= 0.3 is 6.61 Å². The van der Waals surface area contributed by atoms with Crippen molar-refractivity contribution in [3.8, 4) is 5.88 Å². The van der Waals surface area contributed by atoms with Crippen molar-refractivity contribution in [3.63, 3.8) is 0 Å². The summed E-state index contributed by atoms with van der Waals surface area (Å²) in [6.45, 7) is 5.67. The van der Waals surface area contributed by atoms with E-state index in [1.807, 2.05) is 26.0 Å². The van der Waals surface area contributed by atoms with Crippen LogP contribution in [0.4, 0.5) is 14.5 Å². The maximum atomic E-state index is 13.7. The Kier molecular flexibility index (Phi) is 7.59. The summed E-state index contributed by atoms with van der Waals surface area (Å²) in [7, 11) is -3.80. The number of pyridine rings is 1. The Morgan fingerprint density at radius 3 is 2.35 bits per heavy atom. The Labute approximate surface area is 198 Å². The molecular weight excluding hydrogens is 466 g/mol. The molecule has 1 fully saturated rings. The fraction of sp³-hybridized carbons (Fsp3) is 0.478. The van der Waals surface area contributed by atoms with Crippen molar-refractivity contribution in [1.29, 1.82) is 0 Å². The summed E-state index contributed by atoms with van der Waals surface area (Å²) in [4.78, 5) is 17.7. The maximum Gasteiger partial charge on any atom is 0.388 e. The first-order valence-electron chi connectivity index (χ1n) is 11.0. The van der Waals surface area contributed by atoms with E-state index in [1.165, 1.54) is 10.4 Å². The number of nitrogens with one attached hydrogen (secondary N) is 2. The molecule has 1 amide bonds. The molecule has 2 heterocycles. The Balaban J connectivity index is 2.01. The largest absolute Gasteiger partial charge is 0.415 e. The van der Waals surface area contributed by atoms with Gasteiger partial charge < -0.3 is 10.1 Å². The van der Waals surface area contributed by atoms with Crippen LogP contribution in [0.1, 0.15) is 50.4 Å². The number of anilines is 1. The van der Waals surface area contributed by atoms with Crippen molar-refractivity contribution in [2.75, 3.05) is 18.4 Å². The molecule has 186 valence electrons. The fourth-order valence-corrected chi connectivity index (χ4v) is 5.54. The molecule has 11 heteroatoms. The van der Waals surface area contributed by atoms with Gasteiger partial charge in [-0.3, -0.25) is 4.79 Å². The zero-order chi connectivity index (χ0) is 25.3. The molecular formula is C23H30F2N4O4S. The number of nitrogens with zero attached hydrogens (tertiary/aromatic N) is 2. The van der Waals surface area contributed by atoms with Crippen LogP contribution in [-0.2, 0) is 20.4 Å². The van der Waals surface area contributed by atoms with E-state index in [1.54, 1.807) is 39.0 Å². The van der Waals surface area contributed by atoms with Gasteiger partial charge in [-0.2, -0.15) is 26.2 Å². The first kappa shape index (κ1) is 26.0. The van der Waals surface area contributed by atoms with Crippen molar-refractivity contribution in [1.82, 2.24) is 14.0 Å². The Bertz CT molecular complexity index is 1150. The van der Waals surface area contributed by atoms with E-state index in [9.17, 15) is 22.0 Å². The monoisotopic (exact) mass is 496 g/mol. The maximum absolute atomic E-state index is 13.7. The second-order valence-corrected chi connectivity index (χ2v) is 10.7. The number of benzene rings is 1. The van der Waals surface area contributed by atoms with E-state index < -0.39 is 34.0 Å². The van der Waals surface area contributed by atoms with Gasteiger partial charge in [-0.25, -0.2) is 4.98 Å². The molecule has 1 aliphatic heterocycles. The zero-order valence-electron chi connectivity index (χ0n) is 19.8. The first-order chi connectivity index (χ1) is 15.9. The number of hydrogen-bond acceptors (Lipinski definition) is 5. The molecule has 1 aromatic carbocycles. The topological polar surface area (TPSA) is 101 Å². The van der Waals surface area contributed by atoms with Gasteiger partial charge in [0.1, 0.15) is 11.1 Å². The second-order valence-electron chi connectivity index (χ2n) is 9.01. The summed E-state index contributed by atoms with van der Waals surface area (Å²) in [5, 5.41) is 2.66. The summed E-state index contributed by atoms with van der Waals surface area (Å²) >= 11 is 0. The molecule has 0 bridgehead atoms. The number of amides is 1. The van der Waals surface area contributed by atoms with Crippen LogP contribution in [0.25, 0.3) is 0 Å². The van der Waals surface area contributed by atoms with Crippen LogP contribution < -0.4 is 14.8 Å². The highest BCUT2D eigenvalue weighted by molar-refractivity contribution is 7.87. The number of ether oxygens (including phenoxy) is 1. The highest BCUT2D eigenvalue weighted by atomic mass is 32.2. The SMILES string of the molecule is Cc1ccc(NC(=O)C2(c3ccccc3C(C)C)CN(S(=O)(=O)NC(C)C)C2)c(OC(F)F)n1. The molecule has 0 atom stereocenters. The highest BCUT2D eigenvalue weighted by Gasteiger charge is 2.55. The lowest BCUT2D eigenvalue weighted by Gasteiger charge is -2.49. The molecule has 3 rings (SSSR count). The minimum atomic E-state index is -3.80. The minimum absolute atomic E-state index is 0.0149. The molecule has 1 aromatic heterocycles. The average molecular weight is 497 g/mol. The summed E-state index contributed by atoms with van der Waals surface area (Å²) in [6, 6.07) is 10.0. The van der Waals surface area contributed by atoms with Crippen LogP contribution in [0.5, 0.6) is 5.88 Å². The number of aromatic nitrogens is 1. The van der Waals surface area contributed by atoms with Gasteiger partial charge in [0.2, 0.25) is 11.8 Å². The number of rotatable bonds is 9. The number of aryl methyl sites for hydroxylation is 1. The quantitative estimate of drug-likeness (QED) is 0.553. The van der Waals surface area contributed by atoms with Crippen LogP contribution in [0.3, 0.4) is 0 Å². The number of halogens is 2. The van der Waals surface area contributed by atoms with E-state index in [2.05, 4.69) is 19.8 Å². The van der Waals surface area contributed by atoms with Crippen molar-refractivity contribution in [2.45, 2.75) is 58.6 Å². The van der Waals surface area contributed by atoms with Gasteiger partial charge in [0.15, 0.2) is 0 Å². The van der Waals surface area contributed by atoms with E-state index in [0.717, 1.165) is 5.56 Å². The second kappa shape index (κ2) is 9.93. The highest BCUT2D eigenvalue weighted by Crippen LogP contribution is 2.41. The third-order valence-corrected chi connectivity index (χ3v) is 7.31. The molecule has 1 aliphatic rings. The molecule has 34 heavy (non-hydrogen) atoms. The first-order valence-corrected chi connectivity index (χ1v) is 12.4. The third kappa shape index (κ3) is 5.37. The van der Waals surface area contributed by atoms with E-state index >= 15 is 0 Å². The van der Waals surface area contributed by atoms with Crippen LogP contribution >= 0.6 is 0 Å². The Morgan fingerprint density at radius 1 is 1.12 bits per heavy atom. The standard InChI is InChI=1S/C23H30F2N4O4S/c1-14(2)17-8-6-7-9-18(17)23(12-29(13-23)34(31,32)28-15(3)4)21(30)27-19-11-10-16(5)26-20(19)33-22(24)25/h6-11,14-15,22,28H,12-13H2,1-5H3,(H,27,30). The van der Waals surface area contributed by atoms with Gasteiger partial charge in [0.25, 0.3) is 10.2 Å². The molecule has 8 nitrogen and oxygen atoms in total. The molecule has 0 unspecified atom stereocenters. The molecule has 0 aliphatic carbocycles. The lowest BCUT2D eigenvalue weighted by Crippen LogP contribution is -2.68. The summed E-state index contributed by atoms with van der Waals surface area (Å²) in [5.74, 6) is -0.860. The number of carbonyl (C=O) groups is 1. The van der Waals surface area contributed by atoms with E-state index in [4.69, 9.17) is 0 Å². The zero-order valence-corrected chi connectivity index (χ0v) is 20.6. The lowest BCUT2D eigenvalue weighted by atomic mass is 9.71. The van der Waals surface area contributed by atoms with Crippen molar-refractivity contribution >= 4 is 21.8 Å². The molecule has 0 saturated carbocycles. The number of alkyl halides is 2. The molecule has 0 radical (unpaired) electrons. The summed E-state index contributed by atoms with van der Waals surface area (Å²) in [5.41, 5.74) is 0.792. The van der Waals surface area contributed by atoms with Crippen LogP contribution in [0.15, 0.2) is 36.4 Å². The molecule has 2 aromatic rings. The summed E-state index contributed by atoms with van der Waals surface area (Å²) < 4.78 is 59.5. The van der Waals surface area contributed by atoms with E-state index in [-0.39, 0.29) is 30.7 Å². The van der Waals surface area contributed by atoms with Crippen molar-refractivity contribution in [3.05, 3.63) is 53.2 Å². The predicted molar refractivity (Wildman–Crippen MR) is 125 cm³/mol. The van der Waals surface area contributed by atoms with Crippen LogP contribution in [0, 0.1) is 6.92 Å². The van der Waals surface area contributed by atoms with E-state index in [0.29, 0.717) is 11.3 Å². The van der Waals surface area contributed by atoms with Crippen molar-refractivity contribution < 1.29 is 26.7 Å². The predicted octanol–water partition coefficient (Wildman–Crippen LogP) is 3.55. The minimum Gasteiger partial charge on any atom is -0.415 e. The van der Waals surface area contributed by atoms with Gasteiger partial charge in [0.05, 0.1) is 0 Å². The molecule has 0 spiro atoms. The Hall–Kier alpha value is -2.63. The fourth-order valence-electron chi connectivity index (χ4n) is 4.01. The molecule has 2 N–H and O–H groups in total. The Morgan fingerprint density at radius 2 is 1.76 bits per heavy atom. The normalized spacial score (nSPS) is 16.1. The number of hydrogen-bond donors (Lipinski definition) is 2. The smallest absolute Gasteiger partial charge is 0.388 e. The average Bonchev–Trinajstić information content (AvgIpc) is 2.68. The van der Waals surface area contributed by atoms with Gasteiger partial charge in [-0.05, 0) is 49.9 Å². The number of carbonyl (C=O) groups excluding carboxylic acids is 1. The van der Waals surface area contributed by atoms with Crippen LogP contribution in [0.2, 0.25) is 0 Å². The summed E-state index contributed by atoms with van der Waals surface area (Å²) in [6.07, 6.45) is 0. The van der Waals surface area contributed by atoms with Crippen LogP contribution in [-0.4, -0.2) is 49.4 Å². The molecule has 1 saturated heterocycles.